The van der Waals surface area contributed by atoms with Crippen LogP contribution in [0.4, 0.5) is 0 Å². The van der Waals surface area contributed by atoms with Crippen LogP contribution < -0.4 is 10.1 Å². The molecule has 1 aliphatic rings. The van der Waals surface area contributed by atoms with Gasteiger partial charge in [-0.2, -0.15) is 5.10 Å². The number of aryl methyl sites for hydroxylation is 1. The summed E-state index contributed by atoms with van der Waals surface area (Å²) < 4.78 is 7.28. The standard InChI is InChI=1S/C17H23N3O/c1-12-17(14-8-10-18-11-9-14)13(2)20(19-12)15-4-6-16(21-3)7-5-15/h4-7,14,18H,8-11H2,1-3H3. The molecule has 0 radical (unpaired) electrons. The lowest BCUT2D eigenvalue weighted by molar-refractivity contribution is 0.414. The molecule has 2 heterocycles. The van der Waals surface area contributed by atoms with E-state index in [9.17, 15) is 0 Å². The molecule has 112 valence electrons. The third kappa shape index (κ3) is 2.68. The number of nitrogens with one attached hydrogen (secondary N) is 1. The Morgan fingerprint density at radius 2 is 1.81 bits per heavy atom. The largest absolute Gasteiger partial charge is 0.497 e. The number of nitrogens with zero attached hydrogens (tertiary/aromatic N) is 2. The summed E-state index contributed by atoms with van der Waals surface area (Å²) in [6.45, 7) is 6.53. The van der Waals surface area contributed by atoms with Crippen molar-refractivity contribution < 1.29 is 4.74 Å². The fraction of sp³-hybridized carbons (Fsp3) is 0.471. The van der Waals surface area contributed by atoms with Crippen LogP contribution in [-0.4, -0.2) is 30.0 Å². The smallest absolute Gasteiger partial charge is 0.119 e. The highest BCUT2D eigenvalue weighted by Crippen LogP contribution is 2.31. The first kappa shape index (κ1) is 14.1. The minimum atomic E-state index is 0.637. The summed E-state index contributed by atoms with van der Waals surface area (Å²) in [5.41, 5.74) is 4.96. The second-order valence-corrected chi connectivity index (χ2v) is 5.72. The number of piperidine rings is 1. The third-order valence-electron chi connectivity index (χ3n) is 4.41. The lowest BCUT2D eigenvalue weighted by atomic mass is 9.89. The van der Waals surface area contributed by atoms with Gasteiger partial charge in [0.15, 0.2) is 0 Å². The molecule has 0 atom stereocenters. The van der Waals surface area contributed by atoms with Gasteiger partial charge in [-0.1, -0.05) is 0 Å². The Kier molecular flexibility index (Phi) is 3.97. The van der Waals surface area contributed by atoms with Gasteiger partial charge < -0.3 is 10.1 Å². The lowest BCUT2D eigenvalue weighted by Crippen LogP contribution is -2.27. The van der Waals surface area contributed by atoms with E-state index in [2.05, 4.69) is 36.0 Å². The Morgan fingerprint density at radius 3 is 2.43 bits per heavy atom. The molecule has 1 aromatic carbocycles. The molecule has 21 heavy (non-hydrogen) atoms. The number of ether oxygens (including phenoxy) is 1. The van der Waals surface area contributed by atoms with E-state index in [0.717, 1.165) is 30.2 Å². The summed E-state index contributed by atoms with van der Waals surface area (Å²) in [5, 5.41) is 8.20. The normalized spacial score (nSPS) is 16.1. The van der Waals surface area contributed by atoms with E-state index in [1.807, 2.05) is 12.1 Å². The molecule has 4 nitrogen and oxygen atoms in total. The third-order valence-corrected chi connectivity index (χ3v) is 4.41. The first-order valence-corrected chi connectivity index (χ1v) is 7.62. The second kappa shape index (κ2) is 5.90. The minimum Gasteiger partial charge on any atom is -0.497 e. The SMILES string of the molecule is COc1ccc(-n2nc(C)c(C3CCNCC3)c2C)cc1. The Labute approximate surface area is 126 Å². The van der Waals surface area contributed by atoms with Crippen LogP contribution >= 0.6 is 0 Å². The molecule has 0 bridgehead atoms. The molecule has 1 fully saturated rings. The van der Waals surface area contributed by atoms with Crippen LogP contribution in [0, 0.1) is 13.8 Å². The quantitative estimate of drug-likeness (QED) is 0.942. The number of hydrogen-bond acceptors (Lipinski definition) is 3. The summed E-state index contributed by atoms with van der Waals surface area (Å²) in [5.74, 6) is 1.51. The molecule has 0 unspecified atom stereocenters. The lowest BCUT2D eigenvalue weighted by Gasteiger charge is -2.23. The maximum Gasteiger partial charge on any atom is 0.119 e. The summed E-state index contributed by atoms with van der Waals surface area (Å²) in [4.78, 5) is 0. The Morgan fingerprint density at radius 1 is 1.14 bits per heavy atom. The summed E-state index contributed by atoms with van der Waals surface area (Å²) in [6, 6.07) is 8.08. The highest BCUT2D eigenvalue weighted by Gasteiger charge is 2.23. The molecule has 1 aromatic heterocycles. The predicted molar refractivity (Wildman–Crippen MR) is 84.4 cm³/mol. The molecule has 1 N–H and O–H groups in total. The molecule has 2 aromatic rings. The molecule has 0 spiro atoms. The van der Waals surface area contributed by atoms with Crippen LogP contribution in [0.1, 0.15) is 35.7 Å². The molecule has 3 rings (SSSR count). The van der Waals surface area contributed by atoms with Crippen LogP contribution in [-0.2, 0) is 0 Å². The van der Waals surface area contributed by atoms with Gasteiger partial charge in [0.05, 0.1) is 18.5 Å². The van der Waals surface area contributed by atoms with Gasteiger partial charge in [-0.3, -0.25) is 0 Å². The van der Waals surface area contributed by atoms with Crippen molar-refractivity contribution >= 4 is 0 Å². The average Bonchev–Trinajstić information content (AvgIpc) is 2.83. The first-order valence-electron chi connectivity index (χ1n) is 7.62. The molecule has 0 aliphatic carbocycles. The van der Waals surface area contributed by atoms with E-state index < -0.39 is 0 Å². The predicted octanol–water partition coefficient (Wildman–Crippen LogP) is 2.96. The van der Waals surface area contributed by atoms with Crippen molar-refractivity contribution in [1.82, 2.24) is 15.1 Å². The van der Waals surface area contributed by atoms with Gasteiger partial charge in [-0.25, -0.2) is 4.68 Å². The van der Waals surface area contributed by atoms with E-state index in [4.69, 9.17) is 9.84 Å². The second-order valence-electron chi connectivity index (χ2n) is 5.72. The van der Waals surface area contributed by atoms with E-state index in [0.29, 0.717) is 5.92 Å². The van der Waals surface area contributed by atoms with Crippen LogP contribution in [0.3, 0.4) is 0 Å². The average molecular weight is 285 g/mol. The molecule has 4 heteroatoms. The van der Waals surface area contributed by atoms with Crippen molar-refractivity contribution in [1.29, 1.82) is 0 Å². The van der Waals surface area contributed by atoms with E-state index >= 15 is 0 Å². The molecule has 1 aliphatic heterocycles. The first-order chi connectivity index (χ1) is 10.2. The van der Waals surface area contributed by atoms with Gasteiger partial charge in [0, 0.05) is 5.69 Å². The van der Waals surface area contributed by atoms with Crippen molar-refractivity contribution in [2.75, 3.05) is 20.2 Å². The Hall–Kier alpha value is -1.81. The number of benzene rings is 1. The number of hydrogen-bond donors (Lipinski definition) is 1. The van der Waals surface area contributed by atoms with E-state index in [1.54, 1.807) is 7.11 Å². The van der Waals surface area contributed by atoms with E-state index in [-0.39, 0.29) is 0 Å². The van der Waals surface area contributed by atoms with Gasteiger partial charge in [-0.15, -0.1) is 0 Å². The molecular weight excluding hydrogens is 262 g/mol. The van der Waals surface area contributed by atoms with Crippen LogP contribution in [0.2, 0.25) is 0 Å². The summed E-state index contributed by atoms with van der Waals surface area (Å²) in [7, 11) is 1.69. The molecule has 0 amide bonds. The number of rotatable bonds is 3. The Balaban J connectivity index is 1.96. The van der Waals surface area contributed by atoms with Gasteiger partial charge in [0.25, 0.3) is 0 Å². The fourth-order valence-electron chi connectivity index (χ4n) is 3.33. The van der Waals surface area contributed by atoms with Crippen molar-refractivity contribution in [3.05, 3.63) is 41.2 Å². The maximum atomic E-state index is 5.22. The van der Waals surface area contributed by atoms with Gasteiger partial charge in [0.2, 0.25) is 0 Å². The monoisotopic (exact) mass is 285 g/mol. The van der Waals surface area contributed by atoms with E-state index in [1.165, 1.54) is 24.1 Å². The maximum absolute atomic E-state index is 5.22. The zero-order chi connectivity index (χ0) is 14.8. The molecule has 1 saturated heterocycles. The highest BCUT2D eigenvalue weighted by atomic mass is 16.5. The van der Waals surface area contributed by atoms with Crippen molar-refractivity contribution in [3.63, 3.8) is 0 Å². The zero-order valence-corrected chi connectivity index (χ0v) is 13.0. The van der Waals surface area contributed by atoms with Crippen LogP contribution in [0.5, 0.6) is 5.75 Å². The van der Waals surface area contributed by atoms with Crippen molar-refractivity contribution in [2.24, 2.45) is 0 Å². The van der Waals surface area contributed by atoms with Crippen LogP contribution in [0.25, 0.3) is 5.69 Å². The summed E-state index contributed by atoms with van der Waals surface area (Å²) >= 11 is 0. The number of aromatic nitrogens is 2. The number of methoxy groups -OCH3 is 1. The topological polar surface area (TPSA) is 39.1 Å². The van der Waals surface area contributed by atoms with Crippen molar-refractivity contribution in [2.45, 2.75) is 32.6 Å². The fourth-order valence-corrected chi connectivity index (χ4v) is 3.33. The van der Waals surface area contributed by atoms with Crippen molar-refractivity contribution in [3.8, 4) is 11.4 Å². The summed E-state index contributed by atoms with van der Waals surface area (Å²) in [6.07, 6.45) is 2.41. The zero-order valence-electron chi connectivity index (χ0n) is 13.0. The van der Waals surface area contributed by atoms with Gasteiger partial charge in [-0.05, 0) is 75.5 Å². The highest BCUT2D eigenvalue weighted by molar-refractivity contribution is 5.41. The van der Waals surface area contributed by atoms with Gasteiger partial charge >= 0.3 is 0 Å². The van der Waals surface area contributed by atoms with Gasteiger partial charge in [0.1, 0.15) is 5.75 Å². The minimum absolute atomic E-state index is 0.637. The van der Waals surface area contributed by atoms with Crippen LogP contribution in [0.15, 0.2) is 24.3 Å². The molecular formula is C17H23N3O. The Bertz CT molecular complexity index is 610. The molecule has 0 saturated carbocycles.